The van der Waals surface area contributed by atoms with Crippen molar-refractivity contribution in [3.63, 3.8) is 0 Å². The van der Waals surface area contributed by atoms with E-state index in [9.17, 15) is 19.7 Å². The van der Waals surface area contributed by atoms with Crippen LogP contribution in [0.5, 0.6) is 0 Å². The zero-order valence-corrected chi connectivity index (χ0v) is 18.5. The Morgan fingerprint density at radius 1 is 0.972 bits per heavy atom. The van der Waals surface area contributed by atoms with Gasteiger partial charge in [0.05, 0.1) is 27.3 Å². The molecular weight excluding hydrogens is 464 g/mol. The van der Waals surface area contributed by atoms with Crippen molar-refractivity contribution in [2.24, 2.45) is 0 Å². The van der Waals surface area contributed by atoms with Gasteiger partial charge in [-0.05, 0) is 23.8 Å². The first-order chi connectivity index (χ1) is 17.5. The highest BCUT2D eigenvalue weighted by atomic mass is 16.7. The summed E-state index contributed by atoms with van der Waals surface area (Å²) in [5.41, 5.74) is 2.89. The third kappa shape index (κ3) is 3.40. The number of benzene rings is 3. The van der Waals surface area contributed by atoms with E-state index in [-0.39, 0.29) is 22.7 Å². The third-order valence-electron chi connectivity index (χ3n) is 5.99. The molecule has 1 unspecified atom stereocenters. The molecular formula is C26H16N4O6. The highest BCUT2D eigenvalue weighted by Crippen LogP contribution is 2.37. The van der Waals surface area contributed by atoms with Crippen molar-refractivity contribution in [2.75, 3.05) is 0 Å². The van der Waals surface area contributed by atoms with E-state index >= 15 is 0 Å². The van der Waals surface area contributed by atoms with Gasteiger partial charge >= 0.3 is 0 Å². The molecule has 1 atom stereocenters. The predicted molar refractivity (Wildman–Crippen MR) is 128 cm³/mol. The molecule has 176 valence electrons. The molecule has 4 aromatic rings. The van der Waals surface area contributed by atoms with Crippen LogP contribution >= 0.6 is 0 Å². The SMILES string of the molecule is O=C1c2ccc([N+](=O)[O-])cc2C(=O)N1C1=COC(c2ccccc2/C=C/c2n[nH]c3ccccc23)O1. The molecule has 0 fully saturated rings. The monoisotopic (exact) mass is 480 g/mol. The highest BCUT2D eigenvalue weighted by Gasteiger charge is 2.42. The van der Waals surface area contributed by atoms with Crippen LogP contribution < -0.4 is 0 Å². The van der Waals surface area contributed by atoms with Gasteiger partial charge in [-0.1, -0.05) is 48.5 Å². The molecule has 1 aromatic heterocycles. The number of nitro groups is 1. The second kappa shape index (κ2) is 8.20. The van der Waals surface area contributed by atoms with Crippen molar-refractivity contribution in [2.45, 2.75) is 6.29 Å². The van der Waals surface area contributed by atoms with Crippen molar-refractivity contribution < 1.29 is 24.0 Å². The zero-order valence-electron chi connectivity index (χ0n) is 18.5. The number of hydrogen-bond acceptors (Lipinski definition) is 7. The molecule has 2 amide bonds. The van der Waals surface area contributed by atoms with Crippen LogP contribution in [0.2, 0.25) is 0 Å². The van der Waals surface area contributed by atoms with Crippen LogP contribution in [0.25, 0.3) is 23.1 Å². The lowest BCUT2D eigenvalue weighted by atomic mass is 10.1. The lowest BCUT2D eigenvalue weighted by molar-refractivity contribution is -0.384. The number of amides is 2. The Bertz CT molecular complexity index is 1640. The van der Waals surface area contributed by atoms with E-state index in [1.165, 1.54) is 18.4 Å². The smallest absolute Gasteiger partial charge is 0.270 e. The largest absolute Gasteiger partial charge is 0.453 e. The molecule has 10 heteroatoms. The molecule has 0 bridgehead atoms. The number of fused-ring (bicyclic) bond motifs is 2. The number of aromatic nitrogens is 2. The number of nitro benzene ring substituents is 1. The molecule has 3 aromatic carbocycles. The lowest BCUT2D eigenvalue weighted by Gasteiger charge is -2.17. The number of carbonyl (C=O) groups excluding carboxylic acids is 2. The third-order valence-corrected chi connectivity index (χ3v) is 5.99. The summed E-state index contributed by atoms with van der Waals surface area (Å²) in [6.45, 7) is 0. The number of H-pyrrole nitrogens is 1. The fourth-order valence-electron chi connectivity index (χ4n) is 4.23. The maximum atomic E-state index is 12.9. The number of non-ortho nitro benzene ring substituents is 1. The van der Waals surface area contributed by atoms with Gasteiger partial charge in [-0.3, -0.25) is 24.8 Å². The topological polar surface area (TPSA) is 128 Å². The average molecular weight is 480 g/mol. The molecule has 0 saturated carbocycles. The predicted octanol–water partition coefficient (Wildman–Crippen LogP) is 4.78. The number of imide groups is 1. The van der Waals surface area contributed by atoms with Crippen molar-refractivity contribution in [1.29, 1.82) is 0 Å². The number of carbonyl (C=O) groups is 2. The maximum Gasteiger partial charge on any atom is 0.270 e. The lowest BCUT2D eigenvalue weighted by Crippen LogP contribution is -2.29. The molecule has 0 saturated heterocycles. The first-order valence-electron chi connectivity index (χ1n) is 10.9. The van der Waals surface area contributed by atoms with Crippen molar-refractivity contribution in [3.05, 3.63) is 117 Å². The first kappa shape index (κ1) is 21.3. The Morgan fingerprint density at radius 3 is 2.61 bits per heavy atom. The number of hydrogen-bond donors (Lipinski definition) is 1. The minimum atomic E-state index is -0.907. The molecule has 2 aliphatic heterocycles. The summed E-state index contributed by atoms with van der Waals surface area (Å²) in [5.74, 6) is -1.45. The fraction of sp³-hybridized carbons (Fsp3) is 0.0385. The Hall–Kier alpha value is -5.25. The summed E-state index contributed by atoms with van der Waals surface area (Å²) in [6.07, 6.45) is 4.04. The van der Waals surface area contributed by atoms with E-state index in [0.717, 1.165) is 33.1 Å². The number of rotatable bonds is 5. The van der Waals surface area contributed by atoms with Crippen molar-refractivity contribution >= 4 is 40.6 Å². The molecule has 1 N–H and O–H groups in total. The molecule has 2 aliphatic rings. The van der Waals surface area contributed by atoms with Crippen LogP contribution in [0.15, 0.2) is 78.9 Å². The first-order valence-corrected chi connectivity index (χ1v) is 10.9. The summed E-state index contributed by atoms with van der Waals surface area (Å²) < 4.78 is 11.5. The number of nitrogens with zero attached hydrogens (tertiary/aromatic N) is 3. The van der Waals surface area contributed by atoms with Crippen LogP contribution in [0.1, 0.15) is 43.8 Å². The van der Waals surface area contributed by atoms with Gasteiger partial charge in [-0.2, -0.15) is 5.10 Å². The minimum Gasteiger partial charge on any atom is -0.453 e. The van der Waals surface area contributed by atoms with Crippen LogP contribution in [0.4, 0.5) is 5.69 Å². The van der Waals surface area contributed by atoms with E-state index in [1.807, 2.05) is 60.7 Å². The Kier molecular flexibility index (Phi) is 4.85. The van der Waals surface area contributed by atoms with Gasteiger partial charge in [-0.15, -0.1) is 0 Å². The number of para-hydroxylation sites is 1. The van der Waals surface area contributed by atoms with Crippen LogP contribution in [0.3, 0.4) is 0 Å². The Morgan fingerprint density at radius 2 is 1.75 bits per heavy atom. The van der Waals surface area contributed by atoms with E-state index in [2.05, 4.69) is 10.2 Å². The molecule has 36 heavy (non-hydrogen) atoms. The number of nitrogens with one attached hydrogen (secondary N) is 1. The fourth-order valence-corrected chi connectivity index (χ4v) is 4.23. The standard InChI is InChI=1S/C26H16N4O6/c31-24-18-11-10-16(30(33)34)13-20(18)25(32)29(24)23-14-35-26(36-23)17-6-2-1-5-15(17)9-12-22-19-7-3-4-8-21(19)27-28-22/h1-14,26H,(H,27,28)/b12-9+. The zero-order chi connectivity index (χ0) is 24.8. The van der Waals surface area contributed by atoms with E-state index in [4.69, 9.17) is 9.47 Å². The van der Waals surface area contributed by atoms with E-state index in [1.54, 1.807) is 0 Å². The second-order valence-corrected chi connectivity index (χ2v) is 8.09. The molecule has 6 rings (SSSR count). The Balaban J connectivity index is 1.24. The Labute approximate surface area is 203 Å². The highest BCUT2D eigenvalue weighted by molar-refractivity contribution is 6.22. The van der Waals surface area contributed by atoms with E-state index < -0.39 is 23.0 Å². The van der Waals surface area contributed by atoms with Crippen LogP contribution in [0, 0.1) is 10.1 Å². The summed E-state index contributed by atoms with van der Waals surface area (Å²) in [7, 11) is 0. The van der Waals surface area contributed by atoms with Gasteiger partial charge < -0.3 is 9.47 Å². The normalized spacial score (nSPS) is 16.8. The van der Waals surface area contributed by atoms with Crippen LogP contribution in [-0.2, 0) is 9.47 Å². The average Bonchev–Trinajstić information content (AvgIpc) is 3.60. The van der Waals surface area contributed by atoms with Gasteiger partial charge in [0, 0.05) is 23.1 Å². The summed E-state index contributed by atoms with van der Waals surface area (Å²) in [4.78, 5) is 37.0. The van der Waals surface area contributed by atoms with Crippen molar-refractivity contribution in [3.8, 4) is 0 Å². The van der Waals surface area contributed by atoms with E-state index in [0.29, 0.717) is 5.56 Å². The summed E-state index contributed by atoms with van der Waals surface area (Å²) in [5, 5.41) is 19.4. The van der Waals surface area contributed by atoms with Gasteiger partial charge in [0.1, 0.15) is 6.26 Å². The van der Waals surface area contributed by atoms with Gasteiger partial charge in [-0.25, -0.2) is 4.90 Å². The second-order valence-electron chi connectivity index (χ2n) is 8.09. The van der Waals surface area contributed by atoms with Crippen molar-refractivity contribution in [1.82, 2.24) is 15.1 Å². The summed E-state index contributed by atoms with van der Waals surface area (Å²) >= 11 is 0. The van der Waals surface area contributed by atoms with Gasteiger partial charge in [0.25, 0.3) is 23.8 Å². The molecule has 0 spiro atoms. The molecule has 3 heterocycles. The molecule has 0 radical (unpaired) electrons. The number of ether oxygens (including phenoxy) is 2. The summed E-state index contributed by atoms with van der Waals surface area (Å²) in [6, 6.07) is 18.7. The van der Waals surface area contributed by atoms with Crippen LogP contribution in [-0.4, -0.2) is 31.8 Å². The quantitative estimate of drug-likeness (QED) is 0.247. The number of aromatic amines is 1. The molecule has 10 nitrogen and oxygen atoms in total. The minimum absolute atomic E-state index is 0.0586. The molecule has 0 aliphatic carbocycles. The van der Waals surface area contributed by atoms with Gasteiger partial charge in [0.15, 0.2) is 0 Å². The maximum absolute atomic E-state index is 12.9. The van der Waals surface area contributed by atoms with Gasteiger partial charge in [0.2, 0.25) is 5.88 Å².